The third kappa shape index (κ3) is 3.51. The Labute approximate surface area is 142 Å². The first-order valence-electron chi connectivity index (χ1n) is 8.45. The zero-order chi connectivity index (χ0) is 17.1. The van der Waals surface area contributed by atoms with Gasteiger partial charge in [0.1, 0.15) is 0 Å². The van der Waals surface area contributed by atoms with Crippen LogP contribution in [-0.4, -0.2) is 44.9 Å². The zero-order valence-electron chi connectivity index (χ0n) is 14.5. The molecular formula is C19H24N2O3. The Bertz CT molecular complexity index is 741. The Kier molecular flexibility index (Phi) is 5.00. The summed E-state index contributed by atoms with van der Waals surface area (Å²) in [5.74, 6) is 0.293. The van der Waals surface area contributed by atoms with E-state index in [0.717, 1.165) is 17.4 Å². The van der Waals surface area contributed by atoms with Crippen molar-refractivity contribution < 1.29 is 14.3 Å². The van der Waals surface area contributed by atoms with Gasteiger partial charge in [-0.3, -0.25) is 4.98 Å². The maximum absolute atomic E-state index is 11.9. The Balaban J connectivity index is 1.99. The van der Waals surface area contributed by atoms with Crippen molar-refractivity contribution in [3.8, 4) is 0 Å². The van der Waals surface area contributed by atoms with Crippen LogP contribution < -0.4 is 4.90 Å². The number of methoxy groups -OCH3 is 1. The van der Waals surface area contributed by atoms with Crippen LogP contribution >= 0.6 is 0 Å². The molecule has 0 N–H and O–H groups in total. The molecule has 5 nitrogen and oxygen atoms in total. The van der Waals surface area contributed by atoms with Crippen LogP contribution in [0.2, 0.25) is 0 Å². The number of anilines is 1. The van der Waals surface area contributed by atoms with Crippen LogP contribution in [0, 0.1) is 0 Å². The standard InChI is InChI=1S/C19H24N2O3/c1-4-24-19(22)15-9-14-10-16(13-5-6-13)18(11-17(14)20-12-15)21(2)7-8-23-3/h9-13H,4-8H2,1-3H3. The van der Waals surface area contributed by atoms with Crippen molar-refractivity contribution in [1.82, 2.24) is 4.98 Å². The molecular weight excluding hydrogens is 304 g/mol. The van der Waals surface area contributed by atoms with Crippen LogP contribution in [0.1, 0.15) is 41.6 Å². The fourth-order valence-electron chi connectivity index (χ4n) is 2.91. The van der Waals surface area contributed by atoms with Crippen LogP contribution in [0.15, 0.2) is 24.4 Å². The number of nitrogens with zero attached hydrogens (tertiary/aromatic N) is 2. The Morgan fingerprint density at radius 2 is 2.12 bits per heavy atom. The summed E-state index contributed by atoms with van der Waals surface area (Å²) < 4.78 is 10.3. The van der Waals surface area contributed by atoms with Gasteiger partial charge in [-0.1, -0.05) is 0 Å². The molecule has 1 aliphatic carbocycles. The monoisotopic (exact) mass is 328 g/mol. The second kappa shape index (κ2) is 7.18. The molecule has 1 aliphatic rings. The highest BCUT2D eigenvalue weighted by Gasteiger charge is 2.27. The molecule has 0 saturated heterocycles. The van der Waals surface area contributed by atoms with E-state index in [9.17, 15) is 4.79 Å². The number of rotatable bonds is 7. The molecule has 128 valence electrons. The molecule has 2 aromatic rings. The molecule has 1 fully saturated rings. The second-order valence-electron chi connectivity index (χ2n) is 6.24. The molecule has 0 radical (unpaired) electrons. The molecule has 1 saturated carbocycles. The average Bonchev–Trinajstić information content (AvgIpc) is 3.43. The number of hydrogen-bond acceptors (Lipinski definition) is 5. The fraction of sp³-hybridized carbons (Fsp3) is 0.474. The van der Waals surface area contributed by atoms with Gasteiger partial charge >= 0.3 is 5.97 Å². The van der Waals surface area contributed by atoms with E-state index < -0.39 is 0 Å². The normalized spacial score (nSPS) is 14.0. The van der Waals surface area contributed by atoms with Gasteiger partial charge in [-0.25, -0.2) is 4.79 Å². The summed E-state index contributed by atoms with van der Waals surface area (Å²) >= 11 is 0. The summed E-state index contributed by atoms with van der Waals surface area (Å²) in [7, 11) is 3.80. The van der Waals surface area contributed by atoms with E-state index in [1.807, 2.05) is 6.07 Å². The highest BCUT2D eigenvalue weighted by Crippen LogP contribution is 2.45. The molecule has 1 aromatic carbocycles. The summed E-state index contributed by atoms with van der Waals surface area (Å²) in [6, 6.07) is 6.18. The van der Waals surface area contributed by atoms with Crippen molar-refractivity contribution in [2.24, 2.45) is 0 Å². The molecule has 5 heteroatoms. The van der Waals surface area contributed by atoms with Crippen molar-refractivity contribution in [3.63, 3.8) is 0 Å². The minimum Gasteiger partial charge on any atom is -0.462 e. The highest BCUT2D eigenvalue weighted by atomic mass is 16.5. The van der Waals surface area contributed by atoms with Crippen LogP contribution in [0.4, 0.5) is 5.69 Å². The number of pyridine rings is 1. The number of likely N-dealkylation sites (N-methyl/N-ethyl adjacent to an activating group) is 1. The van der Waals surface area contributed by atoms with Crippen molar-refractivity contribution in [1.29, 1.82) is 0 Å². The predicted octanol–water partition coefficient (Wildman–Crippen LogP) is 3.37. The number of ether oxygens (including phenoxy) is 2. The number of aromatic nitrogens is 1. The van der Waals surface area contributed by atoms with E-state index in [0.29, 0.717) is 24.7 Å². The average molecular weight is 328 g/mol. The lowest BCUT2D eigenvalue weighted by Crippen LogP contribution is -2.23. The molecule has 24 heavy (non-hydrogen) atoms. The first kappa shape index (κ1) is 16.7. The first-order chi connectivity index (χ1) is 11.6. The van der Waals surface area contributed by atoms with E-state index in [-0.39, 0.29) is 5.97 Å². The van der Waals surface area contributed by atoms with Crippen LogP contribution in [0.25, 0.3) is 10.9 Å². The minimum atomic E-state index is -0.318. The quantitative estimate of drug-likeness (QED) is 0.729. The summed E-state index contributed by atoms with van der Waals surface area (Å²) in [6.07, 6.45) is 4.04. The van der Waals surface area contributed by atoms with Gasteiger partial charge < -0.3 is 14.4 Å². The van der Waals surface area contributed by atoms with Crippen LogP contribution in [0.5, 0.6) is 0 Å². The topological polar surface area (TPSA) is 51.7 Å². The molecule has 0 unspecified atom stereocenters. The van der Waals surface area contributed by atoms with Gasteiger partial charge in [0.25, 0.3) is 0 Å². The number of carbonyl (C=O) groups excluding carboxylic acids is 1. The molecule has 0 atom stereocenters. The van der Waals surface area contributed by atoms with Crippen molar-refractivity contribution in [2.75, 3.05) is 38.8 Å². The molecule has 1 heterocycles. The maximum atomic E-state index is 11.9. The third-order valence-electron chi connectivity index (χ3n) is 4.40. The molecule has 1 aromatic heterocycles. The summed E-state index contributed by atoms with van der Waals surface area (Å²) in [6.45, 7) is 3.70. The van der Waals surface area contributed by atoms with E-state index in [1.54, 1.807) is 20.2 Å². The van der Waals surface area contributed by atoms with Gasteiger partial charge in [0.2, 0.25) is 0 Å². The third-order valence-corrected chi connectivity index (χ3v) is 4.40. The van der Waals surface area contributed by atoms with Gasteiger partial charge in [0, 0.05) is 38.0 Å². The van der Waals surface area contributed by atoms with Crippen molar-refractivity contribution in [3.05, 3.63) is 35.5 Å². The maximum Gasteiger partial charge on any atom is 0.339 e. The molecule has 0 aliphatic heterocycles. The lowest BCUT2D eigenvalue weighted by Gasteiger charge is -2.23. The molecule has 3 rings (SSSR count). The molecule has 0 amide bonds. The van der Waals surface area contributed by atoms with E-state index >= 15 is 0 Å². The lowest BCUT2D eigenvalue weighted by molar-refractivity contribution is 0.0526. The Hall–Kier alpha value is -2.14. The largest absolute Gasteiger partial charge is 0.462 e. The molecule has 0 spiro atoms. The van der Waals surface area contributed by atoms with Crippen molar-refractivity contribution >= 4 is 22.6 Å². The van der Waals surface area contributed by atoms with E-state index in [1.165, 1.54) is 24.1 Å². The first-order valence-corrected chi connectivity index (χ1v) is 8.45. The van der Waals surface area contributed by atoms with Gasteiger partial charge in [-0.2, -0.15) is 0 Å². The lowest BCUT2D eigenvalue weighted by atomic mass is 10.0. The van der Waals surface area contributed by atoms with E-state index in [4.69, 9.17) is 9.47 Å². The summed E-state index contributed by atoms with van der Waals surface area (Å²) in [4.78, 5) is 18.6. The van der Waals surface area contributed by atoms with Crippen LogP contribution in [-0.2, 0) is 9.47 Å². The minimum absolute atomic E-state index is 0.318. The predicted molar refractivity (Wildman–Crippen MR) is 94.8 cm³/mol. The van der Waals surface area contributed by atoms with Crippen molar-refractivity contribution in [2.45, 2.75) is 25.7 Å². The number of carbonyl (C=O) groups is 1. The molecule has 0 bridgehead atoms. The van der Waals surface area contributed by atoms with Gasteiger partial charge in [-0.15, -0.1) is 0 Å². The zero-order valence-corrected chi connectivity index (χ0v) is 14.5. The number of benzene rings is 1. The smallest absolute Gasteiger partial charge is 0.339 e. The van der Waals surface area contributed by atoms with Gasteiger partial charge in [0.05, 0.1) is 24.3 Å². The fourth-order valence-corrected chi connectivity index (χ4v) is 2.91. The SMILES string of the molecule is CCOC(=O)c1cnc2cc(N(C)CCOC)c(C3CC3)cc2c1. The van der Waals surface area contributed by atoms with Gasteiger partial charge in [0.15, 0.2) is 0 Å². The van der Waals surface area contributed by atoms with E-state index in [2.05, 4.69) is 29.1 Å². The highest BCUT2D eigenvalue weighted by molar-refractivity contribution is 5.94. The van der Waals surface area contributed by atoms with Crippen LogP contribution in [0.3, 0.4) is 0 Å². The number of esters is 1. The number of hydrogen-bond donors (Lipinski definition) is 0. The summed E-state index contributed by atoms with van der Waals surface area (Å²) in [5, 5.41) is 0.992. The Morgan fingerprint density at radius 3 is 2.79 bits per heavy atom. The van der Waals surface area contributed by atoms with Gasteiger partial charge in [-0.05, 0) is 49.4 Å². The second-order valence-corrected chi connectivity index (χ2v) is 6.24. The Morgan fingerprint density at radius 1 is 1.33 bits per heavy atom. The number of fused-ring (bicyclic) bond motifs is 1. The summed E-state index contributed by atoms with van der Waals surface area (Å²) in [5.41, 5.74) is 3.95.